The van der Waals surface area contributed by atoms with Crippen molar-refractivity contribution >= 4 is 10.0 Å². The van der Waals surface area contributed by atoms with Crippen LogP contribution in [0.3, 0.4) is 0 Å². The second kappa shape index (κ2) is 5.96. The molecule has 0 saturated heterocycles. The Labute approximate surface area is 122 Å². The standard InChI is InChI=1S/C12H17N5O3S/c18-21(19,17-4-3-12-15-8-16-20-12)11-5-10(14-7-11)6-13-9-1-2-9/h5,7-9,13-14,17H,1-4,6H2. The van der Waals surface area contributed by atoms with Gasteiger partial charge in [-0.25, -0.2) is 13.1 Å². The maximum absolute atomic E-state index is 12.1. The van der Waals surface area contributed by atoms with Crippen LogP contribution < -0.4 is 10.0 Å². The zero-order valence-electron chi connectivity index (χ0n) is 11.4. The lowest BCUT2D eigenvalue weighted by Crippen LogP contribution is -2.25. The van der Waals surface area contributed by atoms with E-state index in [4.69, 9.17) is 4.52 Å². The smallest absolute Gasteiger partial charge is 0.242 e. The predicted octanol–water partition coefficient (Wildman–Crippen LogP) is 0.171. The fourth-order valence-electron chi connectivity index (χ4n) is 1.90. The van der Waals surface area contributed by atoms with Crippen molar-refractivity contribution in [2.24, 2.45) is 0 Å². The average Bonchev–Trinajstić information content (AvgIpc) is 2.93. The van der Waals surface area contributed by atoms with E-state index in [1.165, 1.54) is 25.4 Å². The molecule has 0 unspecified atom stereocenters. The lowest BCUT2D eigenvalue weighted by atomic mass is 10.4. The number of hydrogen-bond donors (Lipinski definition) is 3. The molecule has 2 heterocycles. The quantitative estimate of drug-likeness (QED) is 0.640. The number of hydrogen-bond acceptors (Lipinski definition) is 6. The number of aromatic amines is 1. The van der Waals surface area contributed by atoms with E-state index in [0.717, 1.165) is 5.69 Å². The topological polar surface area (TPSA) is 113 Å². The van der Waals surface area contributed by atoms with Gasteiger partial charge in [0.1, 0.15) is 0 Å². The van der Waals surface area contributed by atoms with E-state index in [0.29, 0.717) is 24.9 Å². The molecule has 0 aliphatic heterocycles. The summed E-state index contributed by atoms with van der Waals surface area (Å²) >= 11 is 0. The van der Waals surface area contributed by atoms with Crippen LogP contribution in [-0.4, -0.2) is 36.1 Å². The summed E-state index contributed by atoms with van der Waals surface area (Å²) in [5.41, 5.74) is 0.860. The van der Waals surface area contributed by atoms with Crippen LogP contribution in [0.4, 0.5) is 0 Å². The van der Waals surface area contributed by atoms with E-state index in [-0.39, 0.29) is 11.4 Å². The third-order valence-corrected chi connectivity index (χ3v) is 4.66. The van der Waals surface area contributed by atoms with E-state index >= 15 is 0 Å². The van der Waals surface area contributed by atoms with E-state index in [1.807, 2.05) is 0 Å². The maximum atomic E-state index is 12.1. The Morgan fingerprint density at radius 2 is 2.29 bits per heavy atom. The molecule has 8 nitrogen and oxygen atoms in total. The summed E-state index contributed by atoms with van der Waals surface area (Å²) in [5, 5.41) is 6.79. The van der Waals surface area contributed by atoms with Gasteiger partial charge in [-0.1, -0.05) is 5.16 Å². The van der Waals surface area contributed by atoms with E-state index in [1.54, 1.807) is 6.07 Å². The van der Waals surface area contributed by atoms with Crippen molar-refractivity contribution in [1.82, 2.24) is 25.2 Å². The van der Waals surface area contributed by atoms with Gasteiger partial charge < -0.3 is 14.8 Å². The van der Waals surface area contributed by atoms with Crippen molar-refractivity contribution in [2.75, 3.05) is 6.54 Å². The Balaban J connectivity index is 1.53. The summed E-state index contributed by atoms with van der Waals surface area (Å²) in [6.45, 7) is 0.869. The molecule has 114 valence electrons. The molecule has 0 atom stereocenters. The monoisotopic (exact) mass is 311 g/mol. The van der Waals surface area contributed by atoms with Gasteiger partial charge in [-0.3, -0.25) is 0 Å². The first kappa shape index (κ1) is 14.2. The van der Waals surface area contributed by atoms with Crippen molar-refractivity contribution in [3.8, 4) is 0 Å². The second-order valence-corrected chi connectivity index (χ2v) is 6.77. The number of sulfonamides is 1. The molecule has 3 N–H and O–H groups in total. The minimum Gasteiger partial charge on any atom is -0.363 e. The van der Waals surface area contributed by atoms with Gasteiger partial charge in [0, 0.05) is 37.4 Å². The summed E-state index contributed by atoms with van der Waals surface area (Å²) in [6.07, 6.45) is 5.54. The summed E-state index contributed by atoms with van der Waals surface area (Å²) < 4.78 is 31.5. The van der Waals surface area contributed by atoms with Crippen LogP contribution >= 0.6 is 0 Å². The van der Waals surface area contributed by atoms with Crippen molar-refractivity contribution in [3.63, 3.8) is 0 Å². The van der Waals surface area contributed by atoms with Crippen LogP contribution in [0.2, 0.25) is 0 Å². The van der Waals surface area contributed by atoms with E-state index in [2.05, 4.69) is 25.2 Å². The SMILES string of the molecule is O=S(=O)(NCCc1ncno1)c1c[nH]c(CNC2CC2)c1. The minimum absolute atomic E-state index is 0.214. The van der Waals surface area contributed by atoms with Crippen LogP contribution in [-0.2, 0) is 23.0 Å². The van der Waals surface area contributed by atoms with Gasteiger partial charge in [-0.15, -0.1) is 0 Å². The number of nitrogens with one attached hydrogen (secondary N) is 3. The molecule has 3 rings (SSSR count). The molecule has 1 aliphatic carbocycles. The Kier molecular flexibility index (Phi) is 4.04. The highest BCUT2D eigenvalue weighted by molar-refractivity contribution is 7.89. The Bertz CT molecular complexity index is 676. The molecular formula is C12H17N5O3S. The van der Waals surface area contributed by atoms with Crippen LogP contribution in [0.1, 0.15) is 24.4 Å². The average molecular weight is 311 g/mol. The fraction of sp³-hybridized carbons (Fsp3) is 0.500. The first-order valence-electron chi connectivity index (χ1n) is 6.79. The van der Waals surface area contributed by atoms with Crippen LogP contribution in [0, 0.1) is 0 Å². The minimum atomic E-state index is -3.51. The number of aromatic nitrogens is 3. The Morgan fingerprint density at radius 3 is 3.00 bits per heavy atom. The van der Waals surface area contributed by atoms with Crippen LogP contribution in [0.25, 0.3) is 0 Å². The molecule has 1 saturated carbocycles. The lowest BCUT2D eigenvalue weighted by molar-refractivity contribution is 0.377. The molecule has 0 bridgehead atoms. The van der Waals surface area contributed by atoms with E-state index in [9.17, 15) is 8.42 Å². The number of nitrogens with zero attached hydrogens (tertiary/aromatic N) is 2. The molecule has 0 aromatic carbocycles. The van der Waals surface area contributed by atoms with Crippen LogP contribution in [0.15, 0.2) is 28.0 Å². The van der Waals surface area contributed by atoms with Gasteiger partial charge in [0.05, 0.1) is 4.90 Å². The van der Waals surface area contributed by atoms with Gasteiger partial charge in [0.15, 0.2) is 6.33 Å². The molecule has 1 aliphatic rings. The molecule has 0 spiro atoms. The largest absolute Gasteiger partial charge is 0.363 e. The molecular weight excluding hydrogens is 294 g/mol. The maximum Gasteiger partial charge on any atom is 0.242 e. The van der Waals surface area contributed by atoms with Gasteiger partial charge in [-0.2, -0.15) is 4.98 Å². The van der Waals surface area contributed by atoms with Gasteiger partial charge in [0.25, 0.3) is 0 Å². The predicted molar refractivity (Wildman–Crippen MR) is 73.8 cm³/mol. The number of H-pyrrole nitrogens is 1. The molecule has 21 heavy (non-hydrogen) atoms. The van der Waals surface area contributed by atoms with Crippen molar-refractivity contribution in [3.05, 3.63) is 30.2 Å². The van der Waals surface area contributed by atoms with Gasteiger partial charge in [0.2, 0.25) is 15.9 Å². The zero-order valence-corrected chi connectivity index (χ0v) is 12.2. The summed E-state index contributed by atoms with van der Waals surface area (Å²) in [7, 11) is -3.51. The van der Waals surface area contributed by atoms with Crippen molar-refractivity contribution < 1.29 is 12.9 Å². The zero-order chi connectivity index (χ0) is 14.7. The van der Waals surface area contributed by atoms with Crippen LogP contribution in [0.5, 0.6) is 0 Å². The Morgan fingerprint density at radius 1 is 1.43 bits per heavy atom. The summed E-state index contributed by atoms with van der Waals surface area (Å²) in [4.78, 5) is 7.05. The highest BCUT2D eigenvalue weighted by Gasteiger charge is 2.21. The normalized spacial score (nSPS) is 15.4. The van der Waals surface area contributed by atoms with Gasteiger partial charge in [-0.05, 0) is 18.9 Å². The number of rotatable bonds is 8. The van der Waals surface area contributed by atoms with E-state index < -0.39 is 10.0 Å². The molecule has 2 aromatic heterocycles. The highest BCUT2D eigenvalue weighted by Crippen LogP contribution is 2.19. The molecule has 2 aromatic rings. The third-order valence-electron chi connectivity index (χ3n) is 3.22. The first-order valence-corrected chi connectivity index (χ1v) is 8.28. The summed E-state index contributed by atoms with van der Waals surface area (Å²) in [6, 6.07) is 2.23. The fourth-order valence-corrected chi connectivity index (χ4v) is 2.95. The highest BCUT2D eigenvalue weighted by atomic mass is 32.2. The molecule has 9 heteroatoms. The molecule has 0 radical (unpaired) electrons. The Hall–Kier alpha value is -1.71. The van der Waals surface area contributed by atoms with Crippen molar-refractivity contribution in [1.29, 1.82) is 0 Å². The van der Waals surface area contributed by atoms with Crippen molar-refractivity contribution in [2.45, 2.75) is 36.7 Å². The van der Waals surface area contributed by atoms with Gasteiger partial charge >= 0.3 is 0 Å². The second-order valence-electron chi connectivity index (χ2n) is 5.00. The summed E-state index contributed by atoms with van der Waals surface area (Å²) in [5.74, 6) is 0.404. The molecule has 1 fully saturated rings. The first-order chi connectivity index (χ1) is 10.1. The third kappa shape index (κ3) is 3.90. The lowest BCUT2D eigenvalue weighted by Gasteiger charge is -2.02. The molecule has 0 amide bonds.